The number of nitrogens with zero attached hydrogens (tertiary/aromatic N) is 3. The molecule has 0 aliphatic heterocycles. The van der Waals surface area contributed by atoms with Gasteiger partial charge in [-0.1, -0.05) is 6.92 Å². The molecule has 100 valence electrons. The zero-order valence-corrected chi connectivity index (χ0v) is 10.8. The molecule has 0 radical (unpaired) electrons. The maximum absolute atomic E-state index is 11.3. The van der Waals surface area contributed by atoms with Gasteiger partial charge in [-0.05, 0) is 18.6 Å². The predicted molar refractivity (Wildman–Crippen MR) is 71.2 cm³/mol. The number of nitrogens with one attached hydrogen (secondary N) is 1. The summed E-state index contributed by atoms with van der Waals surface area (Å²) >= 11 is 0. The lowest BCUT2D eigenvalue weighted by molar-refractivity contribution is 0.0953. The molecule has 6 nitrogen and oxygen atoms in total. The van der Waals surface area contributed by atoms with Crippen LogP contribution < -0.4 is 11.3 Å². The van der Waals surface area contributed by atoms with Gasteiger partial charge in [0.1, 0.15) is 5.82 Å². The minimum absolute atomic E-state index is 0.339. The highest BCUT2D eigenvalue weighted by atomic mass is 16.2. The lowest BCUT2D eigenvalue weighted by Crippen LogP contribution is -2.30. The molecule has 0 aliphatic carbocycles. The van der Waals surface area contributed by atoms with Crippen LogP contribution in [0.15, 0.2) is 30.7 Å². The number of hydrogen-bond acceptors (Lipinski definition) is 4. The van der Waals surface area contributed by atoms with Crippen LogP contribution in [0.1, 0.15) is 35.2 Å². The zero-order chi connectivity index (χ0) is 13.7. The third-order valence-corrected chi connectivity index (χ3v) is 2.83. The van der Waals surface area contributed by atoms with Crippen molar-refractivity contribution >= 4 is 5.91 Å². The number of hydrazine groups is 1. The Hall–Kier alpha value is -2.21. The minimum atomic E-state index is -0.339. The van der Waals surface area contributed by atoms with E-state index in [-0.39, 0.29) is 5.91 Å². The van der Waals surface area contributed by atoms with Gasteiger partial charge in [0.15, 0.2) is 0 Å². The Morgan fingerprint density at radius 3 is 2.89 bits per heavy atom. The number of nitrogens with two attached hydrogens (primary N) is 1. The summed E-state index contributed by atoms with van der Waals surface area (Å²) in [4.78, 5) is 19.9. The van der Waals surface area contributed by atoms with Crippen molar-refractivity contribution in [3.63, 3.8) is 0 Å². The Labute approximate surface area is 111 Å². The number of imidazole rings is 1. The van der Waals surface area contributed by atoms with Gasteiger partial charge in [-0.3, -0.25) is 15.2 Å². The smallest absolute Gasteiger partial charge is 0.266 e. The first-order valence-corrected chi connectivity index (χ1v) is 6.20. The molecule has 1 amide bonds. The lowest BCUT2D eigenvalue weighted by atomic mass is 10.2. The highest BCUT2D eigenvalue weighted by Crippen LogP contribution is 2.06. The monoisotopic (exact) mass is 259 g/mol. The van der Waals surface area contributed by atoms with Crippen molar-refractivity contribution in [3.05, 3.63) is 47.8 Å². The van der Waals surface area contributed by atoms with Gasteiger partial charge in [0.25, 0.3) is 5.91 Å². The maximum atomic E-state index is 11.3. The van der Waals surface area contributed by atoms with E-state index in [4.69, 9.17) is 5.84 Å². The Morgan fingerprint density at radius 2 is 2.26 bits per heavy atom. The van der Waals surface area contributed by atoms with E-state index in [0.29, 0.717) is 12.1 Å². The van der Waals surface area contributed by atoms with Gasteiger partial charge in [0, 0.05) is 25.0 Å². The number of aromatic nitrogens is 3. The fraction of sp³-hybridized carbons (Fsp3) is 0.308. The largest absolute Gasteiger partial charge is 0.329 e. The van der Waals surface area contributed by atoms with Crippen molar-refractivity contribution in [1.82, 2.24) is 20.0 Å². The quantitative estimate of drug-likeness (QED) is 0.474. The summed E-state index contributed by atoms with van der Waals surface area (Å²) in [5, 5.41) is 0. The van der Waals surface area contributed by atoms with E-state index < -0.39 is 0 Å². The highest BCUT2D eigenvalue weighted by molar-refractivity contribution is 5.93. The zero-order valence-electron chi connectivity index (χ0n) is 10.8. The molecular weight excluding hydrogens is 242 g/mol. The molecule has 0 saturated carbocycles. The molecule has 0 aromatic carbocycles. The Balaban J connectivity index is 2.11. The molecule has 0 spiro atoms. The van der Waals surface area contributed by atoms with Gasteiger partial charge in [-0.2, -0.15) is 0 Å². The van der Waals surface area contributed by atoms with Crippen molar-refractivity contribution in [1.29, 1.82) is 0 Å². The number of aryl methyl sites for hydroxylation is 1. The van der Waals surface area contributed by atoms with Crippen LogP contribution in [0.3, 0.4) is 0 Å². The molecule has 2 aromatic heterocycles. The second-order valence-corrected chi connectivity index (χ2v) is 4.23. The predicted octanol–water partition coefficient (Wildman–Crippen LogP) is 0.882. The molecule has 19 heavy (non-hydrogen) atoms. The average molecular weight is 259 g/mol. The SMILES string of the molecule is CCCc1nccn1Cc1ccc(C(=O)NN)cn1. The first-order valence-electron chi connectivity index (χ1n) is 6.20. The fourth-order valence-electron chi connectivity index (χ4n) is 1.85. The third kappa shape index (κ3) is 3.17. The number of amides is 1. The van der Waals surface area contributed by atoms with Crippen LogP contribution in [0.25, 0.3) is 0 Å². The van der Waals surface area contributed by atoms with Crippen LogP contribution in [0, 0.1) is 0 Å². The van der Waals surface area contributed by atoms with E-state index in [0.717, 1.165) is 24.4 Å². The topological polar surface area (TPSA) is 85.8 Å². The average Bonchev–Trinajstić information content (AvgIpc) is 2.86. The lowest BCUT2D eigenvalue weighted by Gasteiger charge is -2.07. The second-order valence-electron chi connectivity index (χ2n) is 4.23. The van der Waals surface area contributed by atoms with Crippen molar-refractivity contribution in [2.45, 2.75) is 26.3 Å². The van der Waals surface area contributed by atoms with E-state index >= 15 is 0 Å². The van der Waals surface area contributed by atoms with E-state index in [2.05, 4.69) is 26.9 Å². The number of pyridine rings is 1. The van der Waals surface area contributed by atoms with Gasteiger partial charge in [-0.25, -0.2) is 10.8 Å². The summed E-state index contributed by atoms with van der Waals surface area (Å²) in [6.45, 7) is 2.78. The van der Waals surface area contributed by atoms with Gasteiger partial charge < -0.3 is 4.57 Å². The maximum Gasteiger partial charge on any atom is 0.266 e. The van der Waals surface area contributed by atoms with Crippen LogP contribution in [-0.4, -0.2) is 20.4 Å². The van der Waals surface area contributed by atoms with Gasteiger partial charge >= 0.3 is 0 Å². The van der Waals surface area contributed by atoms with Gasteiger partial charge in [0.05, 0.1) is 17.8 Å². The molecule has 0 aliphatic rings. The van der Waals surface area contributed by atoms with Crippen molar-refractivity contribution in [2.75, 3.05) is 0 Å². The molecule has 2 rings (SSSR count). The normalized spacial score (nSPS) is 10.4. The molecule has 0 bridgehead atoms. The summed E-state index contributed by atoms with van der Waals surface area (Å²) < 4.78 is 2.06. The first-order chi connectivity index (χ1) is 9.24. The molecule has 2 heterocycles. The number of hydrogen-bond donors (Lipinski definition) is 2. The number of rotatable bonds is 5. The third-order valence-electron chi connectivity index (χ3n) is 2.83. The summed E-state index contributed by atoms with van der Waals surface area (Å²) in [5.41, 5.74) is 3.41. The molecule has 0 unspecified atom stereocenters. The molecule has 0 fully saturated rings. The van der Waals surface area contributed by atoms with Crippen LogP contribution >= 0.6 is 0 Å². The highest BCUT2D eigenvalue weighted by Gasteiger charge is 2.06. The molecule has 0 saturated heterocycles. The summed E-state index contributed by atoms with van der Waals surface area (Å²) in [6.07, 6.45) is 7.25. The fourth-order valence-corrected chi connectivity index (χ4v) is 1.85. The van der Waals surface area contributed by atoms with Crippen molar-refractivity contribution < 1.29 is 4.79 Å². The van der Waals surface area contributed by atoms with Crippen LogP contribution in [0.2, 0.25) is 0 Å². The Kier molecular flexibility index (Phi) is 4.25. The standard InChI is InChI=1S/C13H17N5O/c1-2-3-12-15-6-7-18(12)9-11-5-4-10(8-16-11)13(19)17-14/h4-8H,2-3,9,14H2,1H3,(H,17,19). The Bertz CT molecular complexity index is 546. The number of nitrogen functional groups attached to an aromatic ring is 1. The molecule has 6 heteroatoms. The van der Waals surface area contributed by atoms with Gasteiger partial charge in [0.2, 0.25) is 0 Å². The van der Waals surface area contributed by atoms with Crippen LogP contribution in [0.4, 0.5) is 0 Å². The molecule has 3 N–H and O–H groups in total. The summed E-state index contributed by atoms with van der Waals surface area (Å²) in [5.74, 6) is 5.77. The molecular formula is C13H17N5O. The minimum Gasteiger partial charge on any atom is -0.329 e. The summed E-state index contributed by atoms with van der Waals surface area (Å²) in [7, 11) is 0. The molecule has 0 atom stereocenters. The Morgan fingerprint density at radius 1 is 1.42 bits per heavy atom. The van der Waals surface area contributed by atoms with E-state index in [9.17, 15) is 4.79 Å². The summed E-state index contributed by atoms with van der Waals surface area (Å²) in [6, 6.07) is 3.53. The first kappa shape index (κ1) is 13.2. The van der Waals surface area contributed by atoms with Crippen LogP contribution in [-0.2, 0) is 13.0 Å². The number of carbonyl (C=O) groups excluding carboxylic acids is 1. The van der Waals surface area contributed by atoms with Crippen molar-refractivity contribution in [3.8, 4) is 0 Å². The number of carbonyl (C=O) groups is 1. The van der Waals surface area contributed by atoms with E-state index in [1.165, 1.54) is 6.20 Å². The molecule has 2 aromatic rings. The van der Waals surface area contributed by atoms with Crippen molar-refractivity contribution in [2.24, 2.45) is 5.84 Å². The van der Waals surface area contributed by atoms with E-state index in [1.807, 2.05) is 12.3 Å². The van der Waals surface area contributed by atoms with Crippen LogP contribution in [0.5, 0.6) is 0 Å². The second kappa shape index (κ2) is 6.10. The van der Waals surface area contributed by atoms with Gasteiger partial charge in [-0.15, -0.1) is 0 Å². The van der Waals surface area contributed by atoms with E-state index in [1.54, 1.807) is 12.3 Å².